The fraction of sp³-hybridized carbons (Fsp3) is 0.438. The highest BCUT2D eigenvalue weighted by molar-refractivity contribution is 5.88. The zero-order chi connectivity index (χ0) is 14.7. The number of nitrogens with one attached hydrogen (secondary N) is 1. The number of carbonyl (C=O) groups excluding carboxylic acids is 1. The van der Waals surface area contributed by atoms with Crippen molar-refractivity contribution >= 4 is 16.9 Å². The zero-order valence-corrected chi connectivity index (χ0v) is 12.2. The number of benzene rings is 1. The Bertz CT molecular complexity index is 615. The van der Waals surface area contributed by atoms with E-state index in [9.17, 15) is 4.79 Å². The number of hydrogen-bond acceptors (Lipinski definition) is 3. The predicted octanol–water partition coefficient (Wildman–Crippen LogP) is 2.34. The SMILES string of the molecule is Cc1cc2occ(CC(=O)NCC(C)CO)c2cc1C. The van der Waals surface area contributed by atoms with Crippen molar-refractivity contribution in [2.45, 2.75) is 27.2 Å². The standard InChI is InChI=1S/C16H21NO3/c1-10(8-18)7-17-16(19)6-13-9-20-15-5-12(3)11(2)4-14(13)15/h4-5,9-10,18H,6-8H2,1-3H3,(H,17,19). The van der Waals surface area contributed by atoms with Gasteiger partial charge in [0, 0.05) is 24.1 Å². The fourth-order valence-corrected chi connectivity index (χ4v) is 2.06. The molecule has 0 aliphatic heterocycles. The van der Waals surface area contributed by atoms with Crippen LogP contribution in [-0.4, -0.2) is 24.2 Å². The third-order valence-electron chi connectivity index (χ3n) is 3.58. The molecular weight excluding hydrogens is 254 g/mol. The van der Waals surface area contributed by atoms with Gasteiger partial charge in [-0.05, 0) is 43.0 Å². The van der Waals surface area contributed by atoms with Crippen LogP contribution in [0.25, 0.3) is 11.0 Å². The minimum absolute atomic E-state index is 0.0498. The summed E-state index contributed by atoms with van der Waals surface area (Å²) in [5, 5.41) is 12.8. The van der Waals surface area contributed by atoms with Gasteiger partial charge in [-0.2, -0.15) is 0 Å². The molecule has 1 aromatic heterocycles. The van der Waals surface area contributed by atoms with E-state index in [1.807, 2.05) is 19.9 Å². The molecule has 20 heavy (non-hydrogen) atoms. The van der Waals surface area contributed by atoms with Crippen molar-refractivity contribution in [3.8, 4) is 0 Å². The third kappa shape index (κ3) is 3.20. The molecule has 2 rings (SSSR count). The van der Waals surface area contributed by atoms with E-state index >= 15 is 0 Å². The number of amides is 1. The first-order valence-electron chi connectivity index (χ1n) is 6.86. The summed E-state index contributed by atoms with van der Waals surface area (Å²) in [6.07, 6.45) is 1.95. The van der Waals surface area contributed by atoms with Crippen LogP contribution >= 0.6 is 0 Å². The summed E-state index contributed by atoms with van der Waals surface area (Å²) in [4.78, 5) is 11.9. The number of furan rings is 1. The maximum absolute atomic E-state index is 11.9. The largest absolute Gasteiger partial charge is 0.464 e. The number of carbonyl (C=O) groups is 1. The Hall–Kier alpha value is -1.81. The van der Waals surface area contributed by atoms with Crippen molar-refractivity contribution in [1.82, 2.24) is 5.32 Å². The summed E-state index contributed by atoms with van der Waals surface area (Å²) in [6.45, 7) is 6.55. The van der Waals surface area contributed by atoms with Crippen LogP contribution in [0.4, 0.5) is 0 Å². The Kier molecular flexibility index (Phi) is 4.45. The van der Waals surface area contributed by atoms with Crippen LogP contribution in [0.1, 0.15) is 23.6 Å². The highest BCUT2D eigenvalue weighted by atomic mass is 16.3. The fourth-order valence-electron chi connectivity index (χ4n) is 2.06. The van der Waals surface area contributed by atoms with Crippen LogP contribution in [0.3, 0.4) is 0 Å². The molecule has 1 aromatic carbocycles. The molecule has 0 aliphatic rings. The molecule has 0 fully saturated rings. The minimum Gasteiger partial charge on any atom is -0.464 e. The van der Waals surface area contributed by atoms with E-state index in [1.165, 1.54) is 11.1 Å². The summed E-state index contributed by atoms with van der Waals surface area (Å²) in [7, 11) is 0. The first-order chi connectivity index (χ1) is 9.51. The number of hydrogen-bond donors (Lipinski definition) is 2. The number of aliphatic hydroxyl groups is 1. The molecule has 0 saturated carbocycles. The average molecular weight is 275 g/mol. The molecule has 0 saturated heterocycles. The summed E-state index contributed by atoms with van der Waals surface area (Å²) < 4.78 is 5.51. The normalized spacial score (nSPS) is 12.6. The highest BCUT2D eigenvalue weighted by Gasteiger charge is 2.12. The van der Waals surface area contributed by atoms with E-state index in [0.717, 1.165) is 16.5 Å². The maximum atomic E-state index is 11.9. The van der Waals surface area contributed by atoms with Gasteiger partial charge in [-0.3, -0.25) is 4.79 Å². The van der Waals surface area contributed by atoms with Gasteiger partial charge in [-0.1, -0.05) is 6.92 Å². The summed E-state index contributed by atoms with van der Waals surface area (Å²) in [6, 6.07) is 4.06. The van der Waals surface area contributed by atoms with Crippen molar-refractivity contribution in [3.05, 3.63) is 35.1 Å². The van der Waals surface area contributed by atoms with Crippen molar-refractivity contribution in [2.75, 3.05) is 13.2 Å². The Labute approximate surface area is 118 Å². The Morgan fingerprint density at radius 1 is 1.35 bits per heavy atom. The minimum atomic E-state index is -0.0498. The van der Waals surface area contributed by atoms with E-state index < -0.39 is 0 Å². The van der Waals surface area contributed by atoms with Gasteiger partial charge in [0.15, 0.2) is 0 Å². The Morgan fingerprint density at radius 3 is 2.75 bits per heavy atom. The van der Waals surface area contributed by atoms with Crippen LogP contribution in [0.5, 0.6) is 0 Å². The molecule has 1 amide bonds. The molecule has 108 valence electrons. The van der Waals surface area contributed by atoms with Gasteiger partial charge in [-0.15, -0.1) is 0 Å². The van der Waals surface area contributed by atoms with Crippen molar-refractivity contribution in [2.24, 2.45) is 5.92 Å². The predicted molar refractivity (Wildman–Crippen MR) is 78.7 cm³/mol. The van der Waals surface area contributed by atoms with Gasteiger partial charge >= 0.3 is 0 Å². The molecule has 1 heterocycles. The van der Waals surface area contributed by atoms with Crippen LogP contribution in [-0.2, 0) is 11.2 Å². The first-order valence-corrected chi connectivity index (χ1v) is 6.86. The Morgan fingerprint density at radius 2 is 2.05 bits per heavy atom. The van der Waals surface area contributed by atoms with Crippen LogP contribution in [0, 0.1) is 19.8 Å². The monoisotopic (exact) mass is 275 g/mol. The van der Waals surface area contributed by atoms with Gasteiger partial charge in [0.1, 0.15) is 5.58 Å². The van der Waals surface area contributed by atoms with Gasteiger partial charge in [0.25, 0.3) is 0 Å². The lowest BCUT2D eigenvalue weighted by Crippen LogP contribution is -2.30. The third-order valence-corrected chi connectivity index (χ3v) is 3.58. The zero-order valence-electron chi connectivity index (χ0n) is 12.2. The molecule has 1 unspecified atom stereocenters. The molecular formula is C16H21NO3. The summed E-state index contributed by atoms with van der Waals surface area (Å²) in [5.41, 5.74) is 4.09. The van der Waals surface area contributed by atoms with E-state index in [-0.39, 0.29) is 18.4 Å². The number of rotatable bonds is 5. The second kappa shape index (κ2) is 6.09. The van der Waals surface area contributed by atoms with Crippen LogP contribution < -0.4 is 5.32 Å². The van der Waals surface area contributed by atoms with Crippen LogP contribution in [0.15, 0.2) is 22.8 Å². The van der Waals surface area contributed by atoms with E-state index in [1.54, 1.807) is 6.26 Å². The first kappa shape index (κ1) is 14.6. The summed E-state index contributed by atoms with van der Waals surface area (Å²) in [5.74, 6) is 0.0242. The van der Waals surface area contributed by atoms with Crippen LogP contribution in [0.2, 0.25) is 0 Å². The van der Waals surface area contributed by atoms with E-state index in [4.69, 9.17) is 9.52 Å². The van der Waals surface area contributed by atoms with Gasteiger partial charge in [0.2, 0.25) is 5.91 Å². The number of fused-ring (bicyclic) bond motifs is 1. The molecule has 0 radical (unpaired) electrons. The highest BCUT2D eigenvalue weighted by Crippen LogP contribution is 2.25. The van der Waals surface area contributed by atoms with Gasteiger partial charge < -0.3 is 14.8 Å². The Balaban J connectivity index is 2.10. The van der Waals surface area contributed by atoms with Gasteiger partial charge in [-0.25, -0.2) is 0 Å². The van der Waals surface area contributed by atoms with E-state index in [2.05, 4.69) is 18.3 Å². The molecule has 2 aromatic rings. The average Bonchev–Trinajstić information content (AvgIpc) is 2.79. The number of aliphatic hydroxyl groups excluding tert-OH is 1. The topological polar surface area (TPSA) is 62.5 Å². The summed E-state index contributed by atoms with van der Waals surface area (Å²) >= 11 is 0. The smallest absolute Gasteiger partial charge is 0.224 e. The quantitative estimate of drug-likeness (QED) is 0.880. The molecule has 1 atom stereocenters. The molecule has 2 N–H and O–H groups in total. The second-order valence-corrected chi connectivity index (χ2v) is 5.46. The maximum Gasteiger partial charge on any atom is 0.224 e. The molecule has 0 bridgehead atoms. The lowest BCUT2D eigenvalue weighted by molar-refractivity contribution is -0.120. The molecule has 0 spiro atoms. The second-order valence-electron chi connectivity index (χ2n) is 5.46. The van der Waals surface area contributed by atoms with Crippen molar-refractivity contribution in [1.29, 1.82) is 0 Å². The lowest BCUT2D eigenvalue weighted by Gasteiger charge is -2.09. The molecule has 0 aliphatic carbocycles. The van der Waals surface area contributed by atoms with Crippen molar-refractivity contribution < 1.29 is 14.3 Å². The van der Waals surface area contributed by atoms with Crippen molar-refractivity contribution in [3.63, 3.8) is 0 Å². The number of aryl methyl sites for hydroxylation is 2. The molecule has 4 heteroatoms. The van der Waals surface area contributed by atoms with E-state index in [0.29, 0.717) is 13.0 Å². The lowest BCUT2D eigenvalue weighted by atomic mass is 10.0. The molecule has 4 nitrogen and oxygen atoms in total. The van der Waals surface area contributed by atoms with Gasteiger partial charge in [0.05, 0.1) is 12.7 Å².